The molecule has 0 aliphatic rings. The smallest absolute Gasteiger partial charge is 0.326 e. The number of carboxylic acid groups (broad SMARTS) is 1. The third-order valence-corrected chi connectivity index (χ3v) is 2.77. The molecule has 0 saturated heterocycles. The largest absolute Gasteiger partial charge is 0.480 e. The van der Waals surface area contributed by atoms with Crippen molar-refractivity contribution in [1.82, 2.24) is 5.32 Å². The summed E-state index contributed by atoms with van der Waals surface area (Å²) >= 11 is 0. The van der Waals surface area contributed by atoms with E-state index in [0.29, 0.717) is 5.56 Å². The van der Waals surface area contributed by atoms with Gasteiger partial charge >= 0.3 is 17.9 Å². The van der Waals surface area contributed by atoms with Gasteiger partial charge in [-0.2, -0.15) is 0 Å². The Morgan fingerprint density at radius 2 is 1.71 bits per heavy atom. The predicted molar refractivity (Wildman–Crippen MR) is 81.4 cm³/mol. The average Bonchev–Trinajstić information content (AvgIpc) is 2.47. The minimum absolute atomic E-state index is 0.0236. The van der Waals surface area contributed by atoms with E-state index in [9.17, 15) is 19.2 Å². The molecule has 130 valence electrons. The number of nitrogens with one attached hydrogen (secondary N) is 1. The normalized spacial score (nSPS) is 11.3. The van der Waals surface area contributed by atoms with Crippen LogP contribution in [0.25, 0.3) is 0 Å². The first-order valence-corrected chi connectivity index (χ1v) is 6.95. The monoisotopic (exact) mass is 338 g/mol. The number of esters is 2. The summed E-state index contributed by atoms with van der Waals surface area (Å²) in [5.41, 5.74) is 5.60. The molecule has 1 amide bonds. The van der Waals surface area contributed by atoms with Crippen molar-refractivity contribution in [3.63, 3.8) is 0 Å². The standard InChI is InChI=1S/C15H18N2O7/c1-8(18)23-12-4-3-10(6-13(12)24-9(2)19)5-11(15(21)22)17-14(20)7-16/h3-4,6,11H,5,7,16H2,1-2H3,(H,17,20)(H,21,22)/t11-/m0/s1. The molecular weight excluding hydrogens is 320 g/mol. The summed E-state index contributed by atoms with van der Waals surface area (Å²) < 4.78 is 9.88. The molecule has 0 aromatic heterocycles. The topological polar surface area (TPSA) is 145 Å². The summed E-state index contributed by atoms with van der Waals surface area (Å²) in [7, 11) is 0. The highest BCUT2D eigenvalue weighted by atomic mass is 16.6. The highest BCUT2D eigenvalue weighted by molar-refractivity contribution is 5.84. The van der Waals surface area contributed by atoms with Gasteiger partial charge in [0.05, 0.1) is 6.54 Å². The molecule has 0 aliphatic heterocycles. The minimum Gasteiger partial charge on any atom is -0.480 e. The first kappa shape index (κ1) is 19.1. The lowest BCUT2D eigenvalue weighted by atomic mass is 10.1. The summed E-state index contributed by atoms with van der Waals surface area (Å²) in [6.07, 6.45) is -0.0737. The van der Waals surface area contributed by atoms with E-state index in [0.717, 1.165) is 0 Å². The van der Waals surface area contributed by atoms with E-state index in [4.69, 9.17) is 20.3 Å². The second kappa shape index (κ2) is 8.63. The van der Waals surface area contributed by atoms with Gasteiger partial charge in [-0.25, -0.2) is 4.79 Å². The quantitative estimate of drug-likeness (QED) is 0.450. The molecule has 0 saturated carbocycles. The van der Waals surface area contributed by atoms with Gasteiger partial charge in [0, 0.05) is 20.3 Å². The second-order valence-electron chi connectivity index (χ2n) is 4.83. The number of carbonyl (C=O) groups excluding carboxylic acids is 3. The maximum Gasteiger partial charge on any atom is 0.326 e. The molecule has 1 aromatic rings. The van der Waals surface area contributed by atoms with Gasteiger partial charge in [-0.05, 0) is 17.7 Å². The van der Waals surface area contributed by atoms with Crippen molar-refractivity contribution in [2.24, 2.45) is 5.73 Å². The second-order valence-corrected chi connectivity index (χ2v) is 4.83. The molecule has 4 N–H and O–H groups in total. The Balaban J connectivity index is 3.05. The van der Waals surface area contributed by atoms with E-state index >= 15 is 0 Å². The van der Waals surface area contributed by atoms with Crippen LogP contribution in [0.5, 0.6) is 11.5 Å². The SMILES string of the molecule is CC(=O)Oc1ccc(C[C@H](NC(=O)CN)C(=O)O)cc1OC(C)=O. The number of nitrogens with two attached hydrogens (primary N) is 1. The lowest BCUT2D eigenvalue weighted by Crippen LogP contribution is -2.44. The summed E-state index contributed by atoms with van der Waals surface area (Å²) in [6, 6.07) is 3.03. The van der Waals surface area contributed by atoms with Crippen LogP contribution < -0.4 is 20.5 Å². The molecule has 1 aromatic carbocycles. The molecule has 0 radical (unpaired) electrons. The number of hydrogen-bond acceptors (Lipinski definition) is 7. The number of rotatable bonds is 7. The van der Waals surface area contributed by atoms with E-state index in [2.05, 4.69) is 5.32 Å². The van der Waals surface area contributed by atoms with Crippen molar-refractivity contribution in [3.05, 3.63) is 23.8 Å². The molecular formula is C15H18N2O7. The van der Waals surface area contributed by atoms with Crippen molar-refractivity contribution >= 4 is 23.8 Å². The Bertz CT molecular complexity index is 657. The summed E-state index contributed by atoms with van der Waals surface area (Å²) in [4.78, 5) is 44.7. The van der Waals surface area contributed by atoms with Crippen molar-refractivity contribution in [1.29, 1.82) is 0 Å². The van der Waals surface area contributed by atoms with Gasteiger partial charge in [0.1, 0.15) is 6.04 Å². The Morgan fingerprint density at radius 3 is 2.21 bits per heavy atom. The summed E-state index contributed by atoms with van der Waals surface area (Å²) in [5.74, 6) is -3.08. The first-order chi connectivity index (χ1) is 11.2. The number of hydrogen-bond donors (Lipinski definition) is 3. The van der Waals surface area contributed by atoms with Crippen LogP contribution in [0.4, 0.5) is 0 Å². The van der Waals surface area contributed by atoms with Gasteiger partial charge in [-0.3, -0.25) is 14.4 Å². The van der Waals surface area contributed by atoms with Crippen molar-refractivity contribution in [2.75, 3.05) is 6.54 Å². The van der Waals surface area contributed by atoms with E-state index in [1.54, 1.807) is 0 Å². The first-order valence-electron chi connectivity index (χ1n) is 6.95. The van der Waals surface area contributed by atoms with Crippen molar-refractivity contribution in [3.8, 4) is 11.5 Å². The molecule has 1 rings (SSSR count). The van der Waals surface area contributed by atoms with Gasteiger partial charge < -0.3 is 25.6 Å². The van der Waals surface area contributed by atoms with E-state index in [1.165, 1.54) is 32.0 Å². The zero-order chi connectivity index (χ0) is 18.3. The maximum absolute atomic E-state index is 11.3. The Labute approximate surface area is 137 Å². The zero-order valence-corrected chi connectivity index (χ0v) is 13.2. The molecule has 0 spiro atoms. The molecule has 24 heavy (non-hydrogen) atoms. The maximum atomic E-state index is 11.3. The van der Waals surface area contributed by atoms with Crippen LogP contribution in [0, 0.1) is 0 Å². The highest BCUT2D eigenvalue weighted by Gasteiger charge is 2.21. The van der Waals surface area contributed by atoms with Crippen LogP contribution in [-0.2, 0) is 25.6 Å². The minimum atomic E-state index is -1.24. The van der Waals surface area contributed by atoms with E-state index in [-0.39, 0.29) is 24.5 Å². The van der Waals surface area contributed by atoms with Crippen molar-refractivity contribution in [2.45, 2.75) is 26.3 Å². The van der Waals surface area contributed by atoms with Crippen LogP contribution in [0.3, 0.4) is 0 Å². The number of carboxylic acids is 1. The Kier molecular flexibility index (Phi) is 6.87. The number of benzene rings is 1. The van der Waals surface area contributed by atoms with Gasteiger partial charge in [0.15, 0.2) is 11.5 Å². The number of carbonyl (C=O) groups is 4. The van der Waals surface area contributed by atoms with Crippen LogP contribution in [0.1, 0.15) is 19.4 Å². The lowest BCUT2D eigenvalue weighted by molar-refractivity contribution is -0.141. The number of amides is 1. The fraction of sp³-hybridized carbons (Fsp3) is 0.333. The third kappa shape index (κ3) is 6.05. The highest BCUT2D eigenvalue weighted by Crippen LogP contribution is 2.29. The molecule has 9 heteroatoms. The van der Waals surface area contributed by atoms with Crippen LogP contribution in [0.15, 0.2) is 18.2 Å². The van der Waals surface area contributed by atoms with Crippen molar-refractivity contribution < 1.29 is 33.8 Å². The summed E-state index contributed by atoms with van der Waals surface area (Å²) in [6.45, 7) is 2.02. The molecule has 0 unspecified atom stereocenters. The van der Waals surface area contributed by atoms with E-state index < -0.39 is 29.9 Å². The zero-order valence-electron chi connectivity index (χ0n) is 13.2. The van der Waals surface area contributed by atoms with Gasteiger partial charge in [-0.15, -0.1) is 0 Å². The van der Waals surface area contributed by atoms with E-state index in [1.807, 2.05) is 0 Å². The molecule has 0 bridgehead atoms. The summed E-state index contributed by atoms with van der Waals surface area (Å²) in [5, 5.41) is 11.4. The van der Waals surface area contributed by atoms with Crippen LogP contribution in [0.2, 0.25) is 0 Å². The van der Waals surface area contributed by atoms with Gasteiger partial charge in [0.25, 0.3) is 0 Å². The Morgan fingerprint density at radius 1 is 1.12 bits per heavy atom. The molecule has 9 nitrogen and oxygen atoms in total. The third-order valence-electron chi connectivity index (χ3n) is 2.77. The average molecular weight is 338 g/mol. The Hall–Kier alpha value is -2.94. The molecule has 0 heterocycles. The predicted octanol–water partition coefficient (Wildman–Crippen LogP) is -0.392. The fourth-order valence-corrected chi connectivity index (χ4v) is 1.84. The molecule has 0 fully saturated rings. The van der Waals surface area contributed by atoms with Crippen LogP contribution >= 0.6 is 0 Å². The molecule has 1 atom stereocenters. The van der Waals surface area contributed by atoms with Crippen LogP contribution in [-0.4, -0.2) is 41.5 Å². The molecule has 0 aliphatic carbocycles. The van der Waals surface area contributed by atoms with Gasteiger partial charge in [0.2, 0.25) is 5.91 Å². The van der Waals surface area contributed by atoms with Gasteiger partial charge in [-0.1, -0.05) is 6.07 Å². The number of aliphatic carboxylic acids is 1. The lowest BCUT2D eigenvalue weighted by Gasteiger charge is -2.15. The fourth-order valence-electron chi connectivity index (χ4n) is 1.84. The number of ether oxygens (including phenoxy) is 2.